The zero-order chi connectivity index (χ0) is 93.2. The van der Waals surface area contributed by atoms with E-state index in [1.54, 1.807) is 85.2 Å². The van der Waals surface area contributed by atoms with Gasteiger partial charge in [0.05, 0.1) is 147 Å². The number of piperazine rings is 1. The Balaban J connectivity index is 0.000000188. The highest BCUT2D eigenvalue weighted by Gasteiger charge is 2.29. The molecular weight excluding hydrogens is 1760 g/mol. The zero-order valence-corrected chi connectivity index (χ0v) is 79.8. The van der Waals surface area contributed by atoms with E-state index < -0.39 is 25.0 Å². The number of likely N-dealkylation sites (N-methyl/N-ethyl adjacent to an activating group) is 2. The lowest BCUT2D eigenvalue weighted by Crippen LogP contribution is -2.49. The van der Waals surface area contributed by atoms with E-state index in [9.17, 15) is 38.4 Å². The van der Waals surface area contributed by atoms with E-state index in [0.29, 0.717) is 185 Å². The molecule has 678 valence electrons. The van der Waals surface area contributed by atoms with Gasteiger partial charge in [0.25, 0.3) is 0 Å². The highest BCUT2D eigenvalue weighted by atomic mass is 35.5. The van der Waals surface area contributed by atoms with E-state index in [1.807, 2.05) is 171 Å². The van der Waals surface area contributed by atoms with Gasteiger partial charge in [-0.2, -0.15) is 10.2 Å². The van der Waals surface area contributed by atoms with Crippen molar-refractivity contribution in [2.45, 2.75) is 83.1 Å². The maximum Gasteiger partial charge on any atom is 0.247 e. The van der Waals surface area contributed by atoms with Crippen LogP contribution in [0.2, 0.25) is 72.5 Å². The maximum atomic E-state index is 12.8. The molecule has 13 rings (SSSR count). The topological polar surface area (TPSA) is 379 Å². The molecule has 0 unspecified atom stereocenters. The molecule has 5 amide bonds. The normalized spacial score (nSPS) is 12.1. The molecule has 0 spiro atoms. The number of hydrogen-bond donors (Lipinski definition) is 9. The molecule has 8 aromatic heterocycles. The van der Waals surface area contributed by atoms with Crippen molar-refractivity contribution in [2.24, 2.45) is 7.05 Å². The number of nitrogens with zero attached hydrogens (tertiary/aromatic N) is 16. The van der Waals surface area contributed by atoms with Crippen molar-refractivity contribution in [2.75, 3.05) is 135 Å². The van der Waals surface area contributed by atoms with Crippen LogP contribution in [0.15, 0.2) is 185 Å². The second kappa shape index (κ2) is 43.3. The van der Waals surface area contributed by atoms with Gasteiger partial charge in [0.15, 0.2) is 25.0 Å². The van der Waals surface area contributed by atoms with Gasteiger partial charge >= 0.3 is 0 Å². The summed E-state index contributed by atoms with van der Waals surface area (Å²) in [6, 6.07) is 32.3. The van der Waals surface area contributed by atoms with Gasteiger partial charge in [-0.3, -0.25) is 24.0 Å². The van der Waals surface area contributed by atoms with Gasteiger partial charge in [-0.1, -0.05) is 84.9 Å². The largest absolute Gasteiger partial charge is 0.494 e. The first-order chi connectivity index (χ1) is 61.5. The summed E-state index contributed by atoms with van der Waals surface area (Å²) < 4.78 is 22.7. The number of nitrogens with one attached hydrogen (secondary N) is 6. The maximum absolute atomic E-state index is 12.8. The number of fused-ring (bicyclic) bond motifs is 3. The second-order valence-corrected chi connectivity index (χ2v) is 46.2. The van der Waals surface area contributed by atoms with Crippen LogP contribution in [-0.4, -0.2) is 221 Å². The molecule has 0 aliphatic carbocycles. The number of rotatable bonds is 35. The van der Waals surface area contributed by atoms with E-state index in [1.165, 1.54) is 30.6 Å². The lowest BCUT2D eigenvalue weighted by atomic mass is 10.1. The molecule has 4 aromatic carbocycles. The van der Waals surface area contributed by atoms with Gasteiger partial charge in [0, 0.05) is 151 Å². The van der Waals surface area contributed by atoms with E-state index in [0.717, 1.165) is 50.0 Å². The SMILES string of the molecule is C=CC(=O)Nc1cc(Nc2ncc(Cl)c(-c3cn(C)c4ccccc34)n2)c(OC)cc1N(C)CC[Si](C)(C)O.C=CC(=O)Nc1cc(Nc2ncc(Cl)c(-c3cnn4ccccc34)n2)c(OC)cc1N(C)CCN(C)C(=O)CCC[Si](C)(C)O.C=CC(=O)Nc1cc(Nc2ncc(Cl)c(-c3cnn4ccccc34)n2)c(OC)cc1N1CCN(C(=O)CCC[Si](C)(C)O)CC1. The van der Waals surface area contributed by atoms with E-state index in [2.05, 4.69) is 91.7 Å². The number of amides is 5. The first-order valence-corrected chi connectivity index (χ1v) is 52.2. The Bertz CT molecular complexity index is 6090. The van der Waals surface area contributed by atoms with E-state index >= 15 is 0 Å². The summed E-state index contributed by atoms with van der Waals surface area (Å²) in [5.41, 5.74) is 12.1. The number of ether oxygens (including phenoxy) is 3. The molecule has 1 aliphatic rings. The Hall–Kier alpha value is -12.8. The van der Waals surface area contributed by atoms with Gasteiger partial charge in [-0.15, -0.1) is 0 Å². The highest BCUT2D eigenvalue weighted by Crippen LogP contribution is 2.44. The molecular formula is C90H109Cl3N22O11Si3. The van der Waals surface area contributed by atoms with Gasteiger partial charge in [-0.05, 0) is 137 Å². The lowest BCUT2D eigenvalue weighted by molar-refractivity contribution is -0.131. The molecule has 1 aliphatic heterocycles. The van der Waals surface area contributed by atoms with Crippen LogP contribution in [0.1, 0.15) is 25.7 Å². The Labute approximate surface area is 767 Å². The van der Waals surface area contributed by atoms with Crippen molar-refractivity contribution in [3.8, 4) is 51.0 Å². The molecule has 1 fully saturated rings. The first kappa shape index (κ1) is 96.8. The third-order valence-electron chi connectivity index (χ3n) is 21.2. The summed E-state index contributed by atoms with van der Waals surface area (Å²) in [4.78, 5) is 130. The Morgan fingerprint density at radius 3 is 1.34 bits per heavy atom. The summed E-state index contributed by atoms with van der Waals surface area (Å²) >= 11 is 19.6. The number of methoxy groups -OCH3 is 3. The summed E-state index contributed by atoms with van der Waals surface area (Å²) in [5.74, 6) is 1.37. The van der Waals surface area contributed by atoms with Crippen molar-refractivity contribution >= 4 is 180 Å². The molecule has 0 atom stereocenters. The number of carbonyl (C=O) groups is 5. The smallest absolute Gasteiger partial charge is 0.247 e. The summed E-state index contributed by atoms with van der Waals surface area (Å²) in [6.45, 7) is 25.8. The van der Waals surface area contributed by atoms with Gasteiger partial charge in [-0.25, -0.2) is 38.9 Å². The van der Waals surface area contributed by atoms with Crippen LogP contribution in [0.3, 0.4) is 0 Å². The van der Waals surface area contributed by atoms with Crippen molar-refractivity contribution < 1.29 is 52.6 Å². The van der Waals surface area contributed by atoms with Crippen LogP contribution in [0.4, 0.5) is 69.0 Å². The molecule has 9 N–H and O–H groups in total. The number of pyridine rings is 2. The van der Waals surface area contributed by atoms with Crippen LogP contribution >= 0.6 is 34.8 Å². The van der Waals surface area contributed by atoms with Gasteiger partial charge in [0.2, 0.25) is 47.4 Å². The fourth-order valence-corrected chi connectivity index (χ4v) is 17.8. The van der Waals surface area contributed by atoms with E-state index in [4.69, 9.17) is 54.0 Å². The number of anilines is 12. The fourth-order valence-electron chi connectivity index (χ4n) is 14.2. The van der Waals surface area contributed by atoms with Gasteiger partial charge < -0.3 is 89.6 Å². The molecule has 0 saturated carbocycles. The predicted octanol–water partition coefficient (Wildman–Crippen LogP) is 15.9. The third-order valence-corrected chi connectivity index (χ3v) is 26.6. The number of carbonyl (C=O) groups excluding carboxylic acids is 5. The zero-order valence-electron chi connectivity index (χ0n) is 74.5. The number of benzene rings is 4. The number of para-hydroxylation sites is 1. The molecule has 39 heteroatoms. The van der Waals surface area contributed by atoms with Crippen LogP contribution in [0.5, 0.6) is 17.2 Å². The van der Waals surface area contributed by atoms with Crippen LogP contribution in [-0.2, 0) is 31.0 Å². The highest BCUT2D eigenvalue weighted by molar-refractivity contribution is 6.70. The van der Waals surface area contributed by atoms with Crippen molar-refractivity contribution in [1.29, 1.82) is 0 Å². The standard InChI is InChI=1S/C31H37ClN8O4Si.C31H39ClN8O4Si.C28H33ClN6O3Si/c1-5-28(41)35-23-17-24(36-31-33-20-22(32)30(37-31)21-19-34-40-11-7-6-9-25(21)40)27(44-2)18-26(23)38-12-14-39(15-13-38)29(42)10-8-16-45(3,4)43;1-7-28(41)35-23-17-24(36-31-33-20-22(32)30(37-31)21-19-34-40-13-9-8-11-25(21)40)27(44-4)18-26(23)38(2)14-15-39(3)29(42)12-10-16-45(5,6)43;1-7-26(36)31-21-14-22(25(38-4)15-24(21)34(2)12-13-39(5,6)37)32-28-30-16-20(29)27(33-28)19-17-35(3)23-11-9-8-10-18(19)23/h5-7,9,11,17-20,43H,1,8,10,12-16H2,2-4H3,(H,35,41)(H,33,36,37);7-9,11,13,17-20,43H,1,10,12,14-16H2,2-6H3,(H,35,41)(H,33,36,37);7-11,14-17,37H,1,12-13H2,2-6H3,(H,31,36)(H,30,32,33). The molecule has 9 heterocycles. The minimum Gasteiger partial charge on any atom is -0.494 e. The summed E-state index contributed by atoms with van der Waals surface area (Å²) in [7, 11) is 5.57. The quantitative estimate of drug-likeness (QED) is 0.0132. The molecule has 12 aromatic rings. The molecule has 0 radical (unpaired) electrons. The Morgan fingerprint density at radius 1 is 0.488 bits per heavy atom. The minimum atomic E-state index is -2.26. The number of aryl methyl sites for hydroxylation is 1. The number of aromatic nitrogens is 11. The minimum absolute atomic E-state index is 0.0189. The molecule has 33 nitrogen and oxygen atoms in total. The first-order valence-electron chi connectivity index (χ1n) is 41.6. The average molecular weight is 1870 g/mol. The van der Waals surface area contributed by atoms with Crippen LogP contribution in [0, 0.1) is 0 Å². The average Bonchev–Trinajstić information content (AvgIpc) is 1.61. The number of halogens is 3. The van der Waals surface area contributed by atoms with Crippen molar-refractivity contribution in [1.82, 2.24) is 63.5 Å². The lowest BCUT2D eigenvalue weighted by Gasteiger charge is -2.37. The number of hydrogen-bond acceptors (Lipinski definition) is 25. The van der Waals surface area contributed by atoms with Crippen LogP contribution in [0.25, 0.3) is 55.7 Å². The molecule has 129 heavy (non-hydrogen) atoms. The molecule has 1 saturated heterocycles. The predicted molar refractivity (Wildman–Crippen MR) is 522 cm³/mol. The molecule has 0 bridgehead atoms. The van der Waals surface area contributed by atoms with Crippen molar-refractivity contribution in [3.05, 3.63) is 200 Å². The summed E-state index contributed by atoms with van der Waals surface area (Å²) in [6.07, 6.45) is 19.5. The van der Waals surface area contributed by atoms with Crippen molar-refractivity contribution in [3.63, 3.8) is 0 Å². The van der Waals surface area contributed by atoms with Crippen LogP contribution < -0.4 is 60.8 Å². The second-order valence-electron chi connectivity index (χ2n) is 32.6. The monoisotopic (exact) mass is 1860 g/mol. The fraction of sp³-hybridized carbons (Fsp3) is 0.300. The van der Waals surface area contributed by atoms with E-state index in [-0.39, 0.29) is 41.4 Å². The Kier molecular flexibility index (Phi) is 32.5. The third kappa shape index (κ3) is 25.6. The Morgan fingerprint density at radius 2 is 0.891 bits per heavy atom. The summed E-state index contributed by atoms with van der Waals surface area (Å²) in [5, 5.41) is 29.3. The van der Waals surface area contributed by atoms with Gasteiger partial charge in [0.1, 0.15) is 17.2 Å².